The first-order valence-corrected chi connectivity index (χ1v) is 10.3. The number of amides is 2. The first-order valence-electron chi connectivity index (χ1n) is 10.3. The Morgan fingerprint density at radius 2 is 2.10 bits per heavy atom. The number of nitrogens with one attached hydrogen (secondary N) is 1. The minimum atomic E-state index is -0.727. The van der Waals surface area contributed by atoms with Crippen molar-refractivity contribution < 1.29 is 23.9 Å². The summed E-state index contributed by atoms with van der Waals surface area (Å²) in [6.45, 7) is 1.97. The van der Waals surface area contributed by atoms with Gasteiger partial charge in [0.25, 0.3) is 0 Å². The minimum absolute atomic E-state index is 0.187. The molecule has 1 aromatic carbocycles. The number of Topliss-reactive ketones (excluding diaryl/α,β-unsaturated/α-hetero) is 2. The molecule has 0 bridgehead atoms. The summed E-state index contributed by atoms with van der Waals surface area (Å²) in [4.78, 5) is 54.9. The van der Waals surface area contributed by atoms with Gasteiger partial charge in [0.2, 0.25) is 5.91 Å². The number of ketones is 2. The Kier molecular flexibility index (Phi) is 5.79. The molecular formula is C23H23N3O5. The van der Waals surface area contributed by atoms with E-state index in [4.69, 9.17) is 4.74 Å². The summed E-state index contributed by atoms with van der Waals surface area (Å²) in [5.74, 6) is -1.32. The summed E-state index contributed by atoms with van der Waals surface area (Å²) in [5, 5.41) is 2.65. The van der Waals surface area contributed by atoms with Gasteiger partial charge in [0.05, 0.1) is 19.0 Å². The fourth-order valence-corrected chi connectivity index (χ4v) is 4.07. The number of cyclic esters (lactones) is 1. The number of rotatable bonds is 5. The topological polar surface area (TPSA) is 106 Å². The van der Waals surface area contributed by atoms with Crippen LogP contribution in [0.4, 0.5) is 10.5 Å². The van der Waals surface area contributed by atoms with Gasteiger partial charge in [-0.3, -0.25) is 24.3 Å². The van der Waals surface area contributed by atoms with Crippen molar-refractivity contribution in [1.29, 1.82) is 0 Å². The molecule has 2 atom stereocenters. The van der Waals surface area contributed by atoms with Crippen LogP contribution < -0.4 is 10.2 Å². The second kappa shape index (κ2) is 8.67. The second-order valence-corrected chi connectivity index (χ2v) is 7.81. The van der Waals surface area contributed by atoms with Gasteiger partial charge in [-0.15, -0.1) is 0 Å². The minimum Gasteiger partial charge on any atom is -0.442 e. The first kappa shape index (κ1) is 20.7. The summed E-state index contributed by atoms with van der Waals surface area (Å²) in [7, 11) is 0. The van der Waals surface area contributed by atoms with E-state index in [-0.39, 0.29) is 24.0 Å². The lowest BCUT2D eigenvalue weighted by Gasteiger charge is -2.16. The van der Waals surface area contributed by atoms with Crippen molar-refractivity contribution in [1.82, 2.24) is 10.3 Å². The molecule has 1 N–H and O–H groups in total. The second-order valence-electron chi connectivity index (χ2n) is 7.81. The highest BCUT2D eigenvalue weighted by Crippen LogP contribution is 2.31. The Bertz CT molecular complexity index is 1040. The number of fused-ring (bicyclic) bond motifs is 1. The number of hydrogen-bond donors (Lipinski definition) is 1. The van der Waals surface area contributed by atoms with Crippen LogP contribution in [-0.4, -0.2) is 47.7 Å². The van der Waals surface area contributed by atoms with E-state index >= 15 is 0 Å². The maximum absolute atomic E-state index is 13.2. The van der Waals surface area contributed by atoms with E-state index in [1.54, 1.807) is 30.5 Å². The highest BCUT2D eigenvalue weighted by Gasteiger charge is 2.35. The van der Waals surface area contributed by atoms with Crippen LogP contribution in [0.2, 0.25) is 0 Å². The van der Waals surface area contributed by atoms with Crippen LogP contribution in [0, 0.1) is 5.92 Å². The zero-order chi connectivity index (χ0) is 22.0. The van der Waals surface area contributed by atoms with E-state index in [1.165, 1.54) is 18.0 Å². The first-order chi connectivity index (χ1) is 14.9. The molecule has 2 aliphatic rings. The lowest BCUT2D eigenvalue weighted by atomic mass is 9.88. The van der Waals surface area contributed by atoms with Gasteiger partial charge in [-0.05, 0) is 55.2 Å². The van der Waals surface area contributed by atoms with E-state index in [9.17, 15) is 19.2 Å². The van der Waals surface area contributed by atoms with Crippen LogP contribution in [0.15, 0.2) is 42.7 Å². The molecule has 1 saturated heterocycles. The largest absolute Gasteiger partial charge is 0.442 e. The third-order valence-corrected chi connectivity index (χ3v) is 5.64. The summed E-state index contributed by atoms with van der Waals surface area (Å²) in [5.41, 5.74) is 2.41. The number of hydrogen-bond acceptors (Lipinski definition) is 6. The summed E-state index contributed by atoms with van der Waals surface area (Å²) < 4.78 is 5.32. The Morgan fingerprint density at radius 1 is 1.26 bits per heavy atom. The lowest BCUT2D eigenvalue weighted by Crippen LogP contribution is -2.33. The number of anilines is 1. The van der Waals surface area contributed by atoms with Gasteiger partial charge in [-0.1, -0.05) is 0 Å². The molecule has 0 radical (unpaired) electrons. The Balaban J connectivity index is 1.54. The summed E-state index contributed by atoms with van der Waals surface area (Å²) >= 11 is 0. The third-order valence-electron chi connectivity index (χ3n) is 5.64. The van der Waals surface area contributed by atoms with Crippen molar-refractivity contribution in [2.45, 2.75) is 32.3 Å². The molecule has 0 spiro atoms. The molecule has 0 unspecified atom stereocenters. The van der Waals surface area contributed by atoms with Gasteiger partial charge in [-0.2, -0.15) is 0 Å². The molecule has 2 amide bonds. The molecule has 1 aliphatic carbocycles. The maximum atomic E-state index is 13.2. The predicted molar refractivity (Wildman–Crippen MR) is 112 cm³/mol. The monoisotopic (exact) mass is 421 g/mol. The van der Waals surface area contributed by atoms with Crippen LogP contribution in [-0.2, 0) is 16.0 Å². The van der Waals surface area contributed by atoms with Gasteiger partial charge in [-0.25, -0.2) is 4.79 Å². The number of carbonyl (C=O) groups excluding carboxylic acids is 4. The predicted octanol–water partition coefficient (Wildman–Crippen LogP) is 2.56. The van der Waals surface area contributed by atoms with E-state index in [0.29, 0.717) is 42.6 Å². The molecule has 2 heterocycles. The molecule has 0 saturated carbocycles. The quantitative estimate of drug-likeness (QED) is 0.452. The van der Waals surface area contributed by atoms with Gasteiger partial charge in [0.15, 0.2) is 11.6 Å². The molecule has 4 rings (SSSR count). The lowest BCUT2D eigenvalue weighted by molar-refractivity contribution is -0.119. The standard InChI is InChI=1S/C23H23N3O5/c1-14(27)25-12-18-13-26(23(30)31-18)17-7-8-19-15(10-17)4-2-6-20(22(19)29)21(28)16-5-3-9-24-11-16/h3,5,7-11,18,20H,2,4,6,12-13H2,1H3,(H,25,27)/t18-,20-/m0/s1. The van der Waals surface area contributed by atoms with E-state index in [2.05, 4.69) is 10.3 Å². The third kappa shape index (κ3) is 4.33. The molecular weight excluding hydrogens is 398 g/mol. The highest BCUT2D eigenvalue weighted by atomic mass is 16.6. The summed E-state index contributed by atoms with van der Waals surface area (Å²) in [6, 6.07) is 8.58. The van der Waals surface area contributed by atoms with E-state index in [1.807, 2.05) is 6.07 Å². The number of ether oxygens (including phenoxy) is 1. The van der Waals surface area contributed by atoms with Crippen molar-refractivity contribution in [3.63, 3.8) is 0 Å². The fraction of sp³-hybridized carbons (Fsp3) is 0.348. The zero-order valence-electron chi connectivity index (χ0n) is 17.2. The average molecular weight is 421 g/mol. The van der Waals surface area contributed by atoms with Crippen LogP contribution in [0.5, 0.6) is 0 Å². The number of benzene rings is 1. The SMILES string of the molecule is CC(=O)NC[C@H]1CN(c2ccc3c(c2)CCC[C@@H](C(=O)c2cccnc2)C3=O)C(=O)O1. The molecule has 1 aromatic heterocycles. The molecule has 2 aromatic rings. The number of pyridine rings is 1. The molecule has 8 nitrogen and oxygen atoms in total. The molecule has 31 heavy (non-hydrogen) atoms. The van der Waals surface area contributed by atoms with Crippen molar-refractivity contribution in [3.05, 3.63) is 59.4 Å². The van der Waals surface area contributed by atoms with Crippen LogP contribution in [0.25, 0.3) is 0 Å². The molecule has 1 fully saturated rings. The Labute approximate surface area is 179 Å². The smallest absolute Gasteiger partial charge is 0.414 e. The maximum Gasteiger partial charge on any atom is 0.414 e. The van der Waals surface area contributed by atoms with Crippen LogP contribution >= 0.6 is 0 Å². The van der Waals surface area contributed by atoms with Crippen molar-refractivity contribution in [2.75, 3.05) is 18.0 Å². The van der Waals surface area contributed by atoms with Gasteiger partial charge in [0, 0.05) is 36.1 Å². The molecule has 1 aliphatic heterocycles. The van der Waals surface area contributed by atoms with Crippen LogP contribution in [0.3, 0.4) is 0 Å². The number of aromatic nitrogens is 1. The van der Waals surface area contributed by atoms with Crippen LogP contribution in [0.1, 0.15) is 46.0 Å². The molecule has 8 heteroatoms. The average Bonchev–Trinajstić information content (AvgIpc) is 3.07. The van der Waals surface area contributed by atoms with Crippen molar-refractivity contribution in [2.24, 2.45) is 5.92 Å². The van der Waals surface area contributed by atoms with E-state index in [0.717, 1.165) is 5.56 Å². The van der Waals surface area contributed by atoms with Gasteiger partial charge >= 0.3 is 6.09 Å². The van der Waals surface area contributed by atoms with Gasteiger partial charge < -0.3 is 10.1 Å². The normalized spacial score (nSPS) is 20.6. The number of nitrogens with zero attached hydrogens (tertiary/aromatic N) is 2. The zero-order valence-corrected chi connectivity index (χ0v) is 17.2. The highest BCUT2D eigenvalue weighted by molar-refractivity contribution is 6.16. The number of aryl methyl sites for hydroxylation is 1. The van der Waals surface area contributed by atoms with Crippen molar-refractivity contribution >= 4 is 29.3 Å². The fourth-order valence-electron chi connectivity index (χ4n) is 4.07. The van der Waals surface area contributed by atoms with E-state index < -0.39 is 18.1 Å². The number of carbonyl (C=O) groups is 4. The Hall–Kier alpha value is -3.55. The summed E-state index contributed by atoms with van der Waals surface area (Å²) in [6.07, 6.45) is 3.96. The van der Waals surface area contributed by atoms with Gasteiger partial charge in [0.1, 0.15) is 6.10 Å². The van der Waals surface area contributed by atoms with Crippen molar-refractivity contribution in [3.8, 4) is 0 Å². The Morgan fingerprint density at radius 3 is 2.84 bits per heavy atom. The molecule has 160 valence electrons.